The minimum atomic E-state index is -1.04. The summed E-state index contributed by atoms with van der Waals surface area (Å²) in [5.74, 6) is -0.343. The fourth-order valence-electron chi connectivity index (χ4n) is 1.63. The molecule has 3 rings (SSSR count). The van der Waals surface area contributed by atoms with Crippen LogP contribution in [0.2, 0.25) is 0 Å². The topological polar surface area (TPSA) is 68.0 Å². The molecule has 0 bridgehead atoms. The lowest BCUT2D eigenvalue weighted by Crippen LogP contribution is -1.97. The third-order valence-electron chi connectivity index (χ3n) is 2.41. The Hall–Kier alpha value is -2.21. The van der Waals surface area contributed by atoms with Gasteiger partial charge in [-0.05, 0) is 17.5 Å². The Morgan fingerprint density at radius 3 is 3.00 bits per heavy atom. The molecule has 0 saturated carbocycles. The summed E-state index contributed by atoms with van der Waals surface area (Å²) in [5, 5.41) is 11.8. The zero-order chi connectivity index (χ0) is 11.8. The maximum Gasteiger partial charge on any atom is 0.356 e. The Bertz CT molecular complexity index is 701. The normalized spacial score (nSPS) is 10.8. The first-order valence-corrected chi connectivity index (χ1v) is 5.73. The molecule has 0 fully saturated rings. The van der Waals surface area contributed by atoms with Crippen LogP contribution in [0.3, 0.4) is 0 Å². The van der Waals surface area contributed by atoms with Crippen LogP contribution in [0.4, 0.5) is 0 Å². The van der Waals surface area contributed by atoms with Gasteiger partial charge in [0, 0.05) is 22.5 Å². The van der Waals surface area contributed by atoms with Crippen molar-refractivity contribution in [3.8, 4) is 5.82 Å². The molecule has 0 radical (unpaired) electrons. The van der Waals surface area contributed by atoms with Crippen molar-refractivity contribution >= 4 is 27.4 Å². The molecular formula is C11H7N3O2S. The van der Waals surface area contributed by atoms with Crippen LogP contribution in [0, 0.1) is 0 Å². The highest BCUT2D eigenvalue weighted by Crippen LogP contribution is 2.24. The molecule has 0 saturated heterocycles. The Labute approximate surface area is 100.0 Å². The quantitative estimate of drug-likeness (QED) is 0.751. The van der Waals surface area contributed by atoms with Gasteiger partial charge in [-0.1, -0.05) is 0 Å². The Morgan fingerprint density at radius 1 is 1.35 bits per heavy atom. The first kappa shape index (κ1) is 9.98. The van der Waals surface area contributed by atoms with E-state index in [0.717, 1.165) is 10.1 Å². The molecule has 6 heteroatoms. The lowest BCUT2D eigenvalue weighted by molar-refractivity contribution is 0.0691. The van der Waals surface area contributed by atoms with E-state index >= 15 is 0 Å². The van der Waals surface area contributed by atoms with Gasteiger partial charge in [-0.25, -0.2) is 14.8 Å². The van der Waals surface area contributed by atoms with Crippen LogP contribution < -0.4 is 0 Å². The number of carboxylic acids is 1. The van der Waals surface area contributed by atoms with Gasteiger partial charge in [0.25, 0.3) is 0 Å². The van der Waals surface area contributed by atoms with Crippen LogP contribution in [0.25, 0.3) is 15.9 Å². The second kappa shape index (κ2) is 3.67. The number of rotatable bonds is 2. The first-order chi connectivity index (χ1) is 8.25. The number of hydrogen-bond acceptors (Lipinski definition) is 4. The van der Waals surface area contributed by atoms with Crippen molar-refractivity contribution in [2.75, 3.05) is 0 Å². The number of aromatic carboxylic acids is 1. The average molecular weight is 245 g/mol. The molecule has 0 unspecified atom stereocenters. The molecule has 84 valence electrons. The summed E-state index contributed by atoms with van der Waals surface area (Å²) < 4.78 is 2.74. The molecule has 0 atom stereocenters. The van der Waals surface area contributed by atoms with E-state index in [1.54, 1.807) is 22.1 Å². The van der Waals surface area contributed by atoms with E-state index in [9.17, 15) is 4.79 Å². The summed E-state index contributed by atoms with van der Waals surface area (Å²) in [6, 6.07) is 3.89. The third kappa shape index (κ3) is 1.58. The second-order valence-corrected chi connectivity index (χ2v) is 4.39. The number of thiophene rings is 1. The third-order valence-corrected chi connectivity index (χ3v) is 3.29. The number of hydrogen-bond donors (Lipinski definition) is 1. The number of nitrogens with zero attached hydrogens (tertiary/aromatic N) is 3. The van der Waals surface area contributed by atoms with Crippen LogP contribution >= 0.6 is 11.3 Å². The lowest BCUT2D eigenvalue weighted by atomic mass is 10.3. The van der Waals surface area contributed by atoms with Gasteiger partial charge in [0.05, 0.1) is 0 Å². The van der Waals surface area contributed by atoms with Crippen molar-refractivity contribution in [2.45, 2.75) is 0 Å². The fourth-order valence-corrected chi connectivity index (χ4v) is 2.41. The molecule has 17 heavy (non-hydrogen) atoms. The number of pyridine rings is 1. The van der Waals surface area contributed by atoms with Gasteiger partial charge < -0.3 is 5.11 Å². The largest absolute Gasteiger partial charge is 0.476 e. The lowest BCUT2D eigenvalue weighted by Gasteiger charge is -2.01. The summed E-state index contributed by atoms with van der Waals surface area (Å²) in [7, 11) is 0. The molecule has 0 amide bonds. The Morgan fingerprint density at radius 2 is 2.24 bits per heavy atom. The fraction of sp³-hybridized carbons (Fsp3) is 0. The molecule has 3 aromatic rings. The van der Waals surface area contributed by atoms with Gasteiger partial charge in [0.15, 0.2) is 5.69 Å². The second-order valence-electron chi connectivity index (χ2n) is 3.44. The van der Waals surface area contributed by atoms with Gasteiger partial charge in [0.1, 0.15) is 12.1 Å². The van der Waals surface area contributed by atoms with Crippen LogP contribution in [0.5, 0.6) is 0 Å². The van der Waals surface area contributed by atoms with Crippen molar-refractivity contribution < 1.29 is 9.90 Å². The highest BCUT2D eigenvalue weighted by molar-refractivity contribution is 7.17. The van der Waals surface area contributed by atoms with Gasteiger partial charge in [-0.3, -0.25) is 4.57 Å². The van der Waals surface area contributed by atoms with Crippen molar-refractivity contribution in [1.29, 1.82) is 0 Å². The van der Waals surface area contributed by atoms with Gasteiger partial charge in [0.2, 0.25) is 0 Å². The monoisotopic (exact) mass is 245 g/mol. The first-order valence-electron chi connectivity index (χ1n) is 4.85. The van der Waals surface area contributed by atoms with E-state index in [4.69, 9.17) is 5.11 Å². The zero-order valence-electron chi connectivity index (χ0n) is 8.57. The minimum Gasteiger partial charge on any atom is -0.476 e. The number of carbonyl (C=O) groups is 1. The standard InChI is InChI=1S/C11H7N3O2S/c15-11(16)8-5-14(6-13-8)10-7-2-4-17-9(7)1-3-12-10/h1-6H,(H,15,16). The summed E-state index contributed by atoms with van der Waals surface area (Å²) >= 11 is 1.62. The van der Waals surface area contributed by atoms with E-state index in [-0.39, 0.29) is 5.69 Å². The van der Waals surface area contributed by atoms with Crippen molar-refractivity contribution in [3.05, 3.63) is 41.9 Å². The van der Waals surface area contributed by atoms with Crippen LogP contribution in [-0.2, 0) is 0 Å². The maximum atomic E-state index is 10.8. The van der Waals surface area contributed by atoms with E-state index in [2.05, 4.69) is 9.97 Å². The molecule has 3 heterocycles. The summed E-state index contributed by atoms with van der Waals surface area (Å²) in [4.78, 5) is 18.8. The number of aromatic nitrogens is 3. The van der Waals surface area contributed by atoms with Crippen LogP contribution in [0.1, 0.15) is 10.5 Å². The van der Waals surface area contributed by atoms with E-state index in [1.165, 1.54) is 12.5 Å². The van der Waals surface area contributed by atoms with Crippen molar-refractivity contribution in [3.63, 3.8) is 0 Å². The molecule has 0 spiro atoms. The van der Waals surface area contributed by atoms with Crippen LogP contribution in [0.15, 0.2) is 36.2 Å². The average Bonchev–Trinajstić information content (AvgIpc) is 2.97. The molecule has 1 N–H and O–H groups in total. The van der Waals surface area contributed by atoms with Crippen molar-refractivity contribution in [1.82, 2.24) is 14.5 Å². The predicted molar refractivity (Wildman–Crippen MR) is 63.7 cm³/mol. The molecule has 0 aromatic carbocycles. The Balaban J connectivity index is 2.19. The zero-order valence-corrected chi connectivity index (χ0v) is 9.39. The predicted octanol–water partition coefficient (Wildman–Crippen LogP) is 2.18. The minimum absolute atomic E-state index is 0.0130. The molecular weight excluding hydrogens is 238 g/mol. The summed E-state index contributed by atoms with van der Waals surface area (Å²) in [5.41, 5.74) is 0.0130. The highest BCUT2D eigenvalue weighted by Gasteiger charge is 2.10. The van der Waals surface area contributed by atoms with E-state index in [0.29, 0.717) is 5.82 Å². The molecule has 3 aromatic heterocycles. The molecule has 0 aliphatic rings. The van der Waals surface area contributed by atoms with E-state index < -0.39 is 5.97 Å². The number of carboxylic acid groups (broad SMARTS) is 1. The molecule has 0 aliphatic carbocycles. The Kier molecular flexibility index (Phi) is 2.15. The van der Waals surface area contributed by atoms with Gasteiger partial charge in [-0.2, -0.15) is 0 Å². The van der Waals surface area contributed by atoms with Crippen molar-refractivity contribution in [2.24, 2.45) is 0 Å². The van der Waals surface area contributed by atoms with E-state index in [1.807, 2.05) is 17.5 Å². The van der Waals surface area contributed by atoms with Crippen LogP contribution in [-0.4, -0.2) is 25.6 Å². The summed E-state index contributed by atoms with van der Waals surface area (Å²) in [6.45, 7) is 0. The van der Waals surface area contributed by atoms with Gasteiger partial charge in [-0.15, -0.1) is 11.3 Å². The smallest absolute Gasteiger partial charge is 0.356 e. The molecule has 5 nitrogen and oxygen atoms in total. The number of fused-ring (bicyclic) bond motifs is 1. The molecule has 0 aliphatic heterocycles. The number of imidazole rings is 1. The summed E-state index contributed by atoms with van der Waals surface area (Å²) in [6.07, 6.45) is 4.62. The highest BCUT2D eigenvalue weighted by atomic mass is 32.1. The SMILES string of the molecule is O=C(O)c1cn(-c2nccc3sccc23)cn1. The van der Waals surface area contributed by atoms with Gasteiger partial charge >= 0.3 is 5.97 Å². The maximum absolute atomic E-state index is 10.8.